The number of rotatable bonds is 4. The van der Waals surface area contributed by atoms with Crippen LogP contribution in [0.1, 0.15) is 45.1 Å². The van der Waals surface area contributed by atoms with E-state index in [9.17, 15) is 22.4 Å². The molecule has 2 aliphatic rings. The maximum absolute atomic E-state index is 13.9. The molecule has 0 N–H and O–H groups in total. The van der Waals surface area contributed by atoms with E-state index in [2.05, 4.69) is 23.7 Å². The quantitative estimate of drug-likeness (QED) is 0.701. The van der Waals surface area contributed by atoms with Gasteiger partial charge in [-0.2, -0.15) is 13.2 Å². The summed E-state index contributed by atoms with van der Waals surface area (Å²) in [7, 11) is 0. The largest absolute Gasteiger partial charge is 0.472 e. The Hall–Kier alpha value is -1.90. The first kappa shape index (κ1) is 21.8. The highest BCUT2D eigenvalue weighted by atomic mass is 19.4. The maximum atomic E-state index is 13.9. The van der Waals surface area contributed by atoms with Crippen LogP contribution in [0.15, 0.2) is 12.3 Å². The van der Waals surface area contributed by atoms with Crippen LogP contribution in [0.25, 0.3) is 0 Å². The summed E-state index contributed by atoms with van der Waals surface area (Å²) < 4.78 is 57.2. The van der Waals surface area contributed by atoms with Crippen LogP contribution in [0.2, 0.25) is 0 Å². The molecule has 1 aromatic rings. The van der Waals surface area contributed by atoms with Crippen molar-refractivity contribution >= 4 is 5.91 Å². The summed E-state index contributed by atoms with van der Waals surface area (Å²) >= 11 is 0. The Morgan fingerprint density at radius 1 is 1.14 bits per heavy atom. The van der Waals surface area contributed by atoms with Gasteiger partial charge >= 0.3 is 6.18 Å². The third kappa shape index (κ3) is 5.38. The highest BCUT2D eigenvalue weighted by Gasteiger charge is 2.34. The fraction of sp³-hybridized carbons (Fsp3) is 0.700. The number of alkyl halides is 3. The van der Waals surface area contributed by atoms with Gasteiger partial charge in [-0.3, -0.25) is 9.69 Å². The summed E-state index contributed by atoms with van der Waals surface area (Å²) in [5.41, 5.74) is -1.14. The molecule has 1 saturated carbocycles. The van der Waals surface area contributed by atoms with Gasteiger partial charge in [-0.25, -0.2) is 9.37 Å². The molecule has 0 spiro atoms. The van der Waals surface area contributed by atoms with Crippen LogP contribution in [-0.2, 0) is 11.0 Å². The van der Waals surface area contributed by atoms with E-state index < -0.39 is 23.4 Å². The first-order chi connectivity index (χ1) is 13.6. The van der Waals surface area contributed by atoms with Gasteiger partial charge in [-0.1, -0.05) is 0 Å². The van der Waals surface area contributed by atoms with Gasteiger partial charge in [0.2, 0.25) is 5.91 Å². The van der Waals surface area contributed by atoms with Crippen molar-refractivity contribution in [2.45, 2.75) is 57.9 Å². The molecule has 1 aliphatic carbocycles. The van der Waals surface area contributed by atoms with Crippen LogP contribution < -0.4 is 4.74 Å². The molecule has 0 unspecified atom stereocenters. The molecule has 162 valence electrons. The number of carbonyl (C=O) groups excluding carboxylic acids is 1. The fourth-order valence-corrected chi connectivity index (χ4v) is 3.97. The van der Waals surface area contributed by atoms with Gasteiger partial charge in [0.25, 0.3) is 5.88 Å². The Balaban J connectivity index is 1.49. The van der Waals surface area contributed by atoms with Gasteiger partial charge < -0.3 is 9.64 Å². The highest BCUT2D eigenvalue weighted by molar-refractivity contribution is 5.79. The summed E-state index contributed by atoms with van der Waals surface area (Å²) in [6.07, 6.45) is -2.09. The molecule has 3 rings (SSSR count). The molecule has 0 bridgehead atoms. The van der Waals surface area contributed by atoms with Crippen molar-refractivity contribution in [2.75, 3.05) is 26.2 Å². The Bertz CT molecular complexity index is 710. The average molecular weight is 417 g/mol. The van der Waals surface area contributed by atoms with Crippen molar-refractivity contribution in [3.05, 3.63) is 23.6 Å². The van der Waals surface area contributed by atoms with Crippen LogP contribution >= 0.6 is 0 Å². The molecular formula is C20H27F4N3O2. The van der Waals surface area contributed by atoms with Crippen molar-refractivity contribution in [3.8, 4) is 5.88 Å². The lowest BCUT2D eigenvalue weighted by Gasteiger charge is -2.39. The Morgan fingerprint density at radius 2 is 1.76 bits per heavy atom. The first-order valence-corrected chi connectivity index (χ1v) is 10.1. The molecule has 2 fully saturated rings. The number of aromatic nitrogens is 1. The summed E-state index contributed by atoms with van der Waals surface area (Å²) in [6, 6.07) is 0.868. The third-order valence-corrected chi connectivity index (χ3v) is 5.79. The Labute approximate surface area is 168 Å². The van der Waals surface area contributed by atoms with Crippen LogP contribution in [-0.4, -0.2) is 59.0 Å². The van der Waals surface area contributed by atoms with E-state index in [-0.39, 0.29) is 17.9 Å². The zero-order valence-corrected chi connectivity index (χ0v) is 16.7. The monoisotopic (exact) mass is 417 g/mol. The third-order valence-electron chi connectivity index (χ3n) is 5.79. The Kier molecular flexibility index (Phi) is 6.65. The number of hydrogen-bond donors (Lipinski definition) is 0. The van der Waals surface area contributed by atoms with Crippen molar-refractivity contribution in [1.29, 1.82) is 0 Å². The molecule has 0 aromatic carbocycles. The van der Waals surface area contributed by atoms with Gasteiger partial charge in [0.1, 0.15) is 6.10 Å². The number of hydrogen-bond acceptors (Lipinski definition) is 4. The summed E-state index contributed by atoms with van der Waals surface area (Å²) in [5.74, 6) is -1.46. The van der Waals surface area contributed by atoms with Crippen LogP contribution in [0.5, 0.6) is 5.88 Å². The SMILES string of the molecule is CC(C)N1CCN(C(=O)[C@H]2CC[C@H](Oc3ncc(C(F)(F)F)cc3F)CC2)CC1. The van der Waals surface area contributed by atoms with E-state index in [1.807, 2.05) is 4.90 Å². The van der Waals surface area contributed by atoms with Gasteiger partial charge in [-0.15, -0.1) is 0 Å². The predicted octanol–water partition coefficient (Wildman–Crippen LogP) is 3.73. The molecule has 1 saturated heterocycles. The molecule has 1 amide bonds. The molecule has 0 radical (unpaired) electrons. The first-order valence-electron chi connectivity index (χ1n) is 10.1. The molecule has 0 atom stereocenters. The normalized spacial score (nSPS) is 24.0. The van der Waals surface area contributed by atoms with Crippen LogP contribution in [0.3, 0.4) is 0 Å². The number of pyridine rings is 1. The minimum atomic E-state index is -4.65. The number of piperazine rings is 1. The number of carbonyl (C=O) groups is 1. The number of ether oxygens (including phenoxy) is 1. The number of nitrogens with zero attached hydrogens (tertiary/aromatic N) is 3. The molecule has 2 heterocycles. The van der Waals surface area contributed by atoms with E-state index >= 15 is 0 Å². The standard InChI is InChI=1S/C20H27F4N3O2/c1-13(2)26-7-9-27(10-8-26)19(28)14-3-5-16(6-4-14)29-18-17(21)11-15(12-25-18)20(22,23)24/h11-14,16H,3-10H2,1-2H3/t14-,16-. The molecule has 9 heteroatoms. The summed E-state index contributed by atoms with van der Waals surface area (Å²) in [6.45, 7) is 7.50. The van der Waals surface area contributed by atoms with Gasteiger partial charge in [0, 0.05) is 44.3 Å². The van der Waals surface area contributed by atoms with Crippen molar-refractivity contribution < 1.29 is 27.1 Å². The molecule has 1 aliphatic heterocycles. The van der Waals surface area contributed by atoms with Gasteiger partial charge in [-0.05, 0) is 45.6 Å². The van der Waals surface area contributed by atoms with Crippen molar-refractivity contribution in [2.24, 2.45) is 5.92 Å². The molecule has 1 aromatic heterocycles. The van der Waals surface area contributed by atoms with Crippen molar-refractivity contribution in [3.63, 3.8) is 0 Å². The van der Waals surface area contributed by atoms with Crippen LogP contribution in [0, 0.1) is 11.7 Å². The second-order valence-corrected chi connectivity index (χ2v) is 8.06. The maximum Gasteiger partial charge on any atom is 0.417 e. The average Bonchev–Trinajstić information content (AvgIpc) is 2.69. The highest BCUT2D eigenvalue weighted by Crippen LogP contribution is 2.33. The lowest BCUT2D eigenvalue weighted by Crippen LogP contribution is -2.52. The van der Waals surface area contributed by atoms with Gasteiger partial charge in [0.15, 0.2) is 5.82 Å². The van der Waals surface area contributed by atoms with E-state index in [4.69, 9.17) is 4.74 Å². The number of amides is 1. The smallest absolute Gasteiger partial charge is 0.417 e. The Morgan fingerprint density at radius 3 is 2.28 bits per heavy atom. The summed E-state index contributed by atoms with van der Waals surface area (Å²) in [4.78, 5) is 20.5. The minimum Gasteiger partial charge on any atom is -0.472 e. The zero-order chi connectivity index (χ0) is 21.2. The molecule has 29 heavy (non-hydrogen) atoms. The zero-order valence-electron chi connectivity index (χ0n) is 16.7. The summed E-state index contributed by atoms with van der Waals surface area (Å²) in [5, 5.41) is 0. The number of halogens is 4. The van der Waals surface area contributed by atoms with Gasteiger partial charge in [0.05, 0.1) is 5.56 Å². The van der Waals surface area contributed by atoms with Crippen molar-refractivity contribution in [1.82, 2.24) is 14.8 Å². The second-order valence-electron chi connectivity index (χ2n) is 8.06. The molecular weight excluding hydrogens is 390 g/mol. The minimum absolute atomic E-state index is 0.0779. The van der Waals surface area contributed by atoms with E-state index in [1.165, 1.54) is 0 Å². The van der Waals surface area contributed by atoms with E-state index in [0.29, 0.717) is 44.0 Å². The lowest BCUT2D eigenvalue weighted by atomic mass is 9.86. The second kappa shape index (κ2) is 8.85. The molecule has 5 nitrogen and oxygen atoms in total. The lowest BCUT2D eigenvalue weighted by molar-refractivity contribution is -0.139. The predicted molar refractivity (Wildman–Crippen MR) is 98.9 cm³/mol. The fourth-order valence-electron chi connectivity index (χ4n) is 3.97. The van der Waals surface area contributed by atoms with Crippen LogP contribution in [0.4, 0.5) is 17.6 Å². The topological polar surface area (TPSA) is 45.7 Å². The van der Waals surface area contributed by atoms with E-state index in [0.717, 1.165) is 26.2 Å². The van der Waals surface area contributed by atoms with E-state index in [1.54, 1.807) is 0 Å².